The Kier molecular flexibility index (Phi) is 1.15. The van der Waals surface area contributed by atoms with Gasteiger partial charge < -0.3 is 4.52 Å². The Balaban J connectivity index is 1.69. The van der Waals surface area contributed by atoms with E-state index in [0.717, 1.165) is 5.89 Å². The van der Waals surface area contributed by atoms with E-state index in [-0.39, 0.29) is 0 Å². The minimum absolute atomic E-state index is 0.577. The highest BCUT2D eigenvalue weighted by Crippen LogP contribution is 2.61. The molecule has 1 aromatic rings. The molecule has 0 amide bonds. The predicted molar refractivity (Wildman–Crippen MR) is 42.6 cm³/mol. The molecule has 3 heteroatoms. The number of hydrogen-bond acceptors (Lipinski definition) is 3. The second kappa shape index (κ2) is 2.09. The molecular formula is C9H12N2O. The summed E-state index contributed by atoms with van der Waals surface area (Å²) in [5.74, 6) is 1.43. The molecule has 3 nitrogen and oxygen atoms in total. The summed E-state index contributed by atoms with van der Waals surface area (Å²) in [4.78, 5) is 4.08. The van der Waals surface area contributed by atoms with Gasteiger partial charge in [0.1, 0.15) is 0 Å². The first-order valence-electron chi connectivity index (χ1n) is 4.65. The monoisotopic (exact) mass is 164 g/mol. The second-order valence-electron chi connectivity index (χ2n) is 4.24. The lowest BCUT2D eigenvalue weighted by Gasteiger charge is -2.53. The van der Waals surface area contributed by atoms with Crippen molar-refractivity contribution < 1.29 is 4.52 Å². The molecule has 2 aliphatic rings. The molecule has 3 rings (SSSR count). The van der Waals surface area contributed by atoms with Crippen molar-refractivity contribution in [1.82, 2.24) is 10.1 Å². The Morgan fingerprint density at radius 1 is 1.42 bits per heavy atom. The number of nitrogens with zero attached hydrogens (tertiary/aromatic N) is 2. The van der Waals surface area contributed by atoms with E-state index in [0.29, 0.717) is 11.3 Å². The zero-order chi connectivity index (χ0) is 8.02. The highest BCUT2D eigenvalue weighted by atomic mass is 16.5. The van der Waals surface area contributed by atoms with Gasteiger partial charge in [0.25, 0.3) is 0 Å². The average molecular weight is 164 g/mol. The molecule has 0 aromatic carbocycles. The van der Waals surface area contributed by atoms with E-state index in [9.17, 15) is 0 Å². The van der Waals surface area contributed by atoms with Crippen LogP contribution in [0.5, 0.6) is 0 Å². The SMILES string of the molecule is c1noc(C2CC3(CCC3)C2)n1. The fourth-order valence-corrected chi connectivity index (χ4v) is 2.61. The Bertz CT molecular complexity index is 269. The fourth-order valence-electron chi connectivity index (χ4n) is 2.61. The molecule has 0 unspecified atom stereocenters. The van der Waals surface area contributed by atoms with Crippen molar-refractivity contribution in [3.8, 4) is 0 Å². The largest absolute Gasteiger partial charge is 0.339 e. The van der Waals surface area contributed by atoms with Crippen LogP contribution < -0.4 is 0 Å². The highest BCUT2D eigenvalue weighted by Gasteiger charge is 2.50. The maximum absolute atomic E-state index is 5.04. The summed E-state index contributed by atoms with van der Waals surface area (Å²) in [7, 11) is 0. The lowest BCUT2D eigenvalue weighted by molar-refractivity contribution is -0.00166. The molecule has 1 spiro atoms. The van der Waals surface area contributed by atoms with Crippen LogP contribution in [0.4, 0.5) is 0 Å². The van der Waals surface area contributed by atoms with Gasteiger partial charge in [0.2, 0.25) is 5.89 Å². The second-order valence-corrected chi connectivity index (χ2v) is 4.24. The molecule has 12 heavy (non-hydrogen) atoms. The van der Waals surface area contributed by atoms with Crippen molar-refractivity contribution in [2.75, 3.05) is 0 Å². The summed E-state index contributed by atoms with van der Waals surface area (Å²) < 4.78 is 5.04. The van der Waals surface area contributed by atoms with Crippen LogP contribution in [-0.4, -0.2) is 10.1 Å². The molecule has 0 atom stereocenters. The summed E-state index contributed by atoms with van der Waals surface area (Å²) in [5, 5.41) is 3.63. The van der Waals surface area contributed by atoms with E-state index in [1.54, 1.807) is 0 Å². The summed E-state index contributed by atoms with van der Waals surface area (Å²) in [5.41, 5.74) is 0.707. The van der Waals surface area contributed by atoms with Crippen molar-refractivity contribution in [2.24, 2.45) is 5.41 Å². The van der Waals surface area contributed by atoms with Crippen LogP contribution >= 0.6 is 0 Å². The molecule has 2 saturated carbocycles. The van der Waals surface area contributed by atoms with E-state index >= 15 is 0 Å². The first-order chi connectivity index (χ1) is 5.88. The average Bonchev–Trinajstić information content (AvgIpc) is 2.32. The number of hydrogen-bond donors (Lipinski definition) is 0. The molecule has 2 aliphatic carbocycles. The van der Waals surface area contributed by atoms with Crippen molar-refractivity contribution in [3.05, 3.63) is 12.2 Å². The maximum atomic E-state index is 5.04. The molecule has 1 heterocycles. The Hall–Kier alpha value is -0.860. The first-order valence-corrected chi connectivity index (χ1v) is 4.65. The van der Waals surface area contributed by atoms with Gasteiger partial charge in [-0.25, -0.2) is 0 Å². The van der Waals surface area contributed by atoms with Crippen LogP contribution in [0.2, 0.25) is 0 Å². The third-order valence-corrected chi connectivity index (χ3v) is 3.50. The van der Waals surface area contributed by atoms with Crippen LogP contribution in [-0.2, 0) is 0 Å². The summed E-state index contributed by atoms with van der Waals surface area (Å²) >= 11 is 0. The topological polar surface area (TPSA) is 38.9 Å². The standard InChI is InChI=1S/C9H12N2O/c1-2-9(3-1)4-7(5-9)8-10-6-11-12-8/h6-7H,1-5H2. The summed E-state index contributed by atoms with van der Waals surface area (Å²) in [6.45, 7) is 0. The minimum atomic E-state index is 0.577. The van der Waals surface area contributed by atoms with Crippen molar-refractivity contribution in [2.45, 2.75) is 38.0 Å². The smallest absolute Gasteiger partial charge is 0.229 e. The van der Waals surface area contributed by atoms with Gasteiger partial charge in [-0.3, -0.25) is 0 Å². The summed E-state index contributed by atoms with van der Waals surface area (Å²) in [6.07, 6.45) is 8.36. The van der Waals surface area contributed by atoms with Crippen LogP contribution in [0, 0.1) is 5.41 Å². The van der Waals surface area contributed by atoms with E-state index in [1.165, 1.54) is 38.4 Å². The molecular weight excluding hydrogens is 152 g/mol. The van der Waals surface area contributed by atoms with E-state index in [4.69, 9.17) is 4.52 Å². The minimum Gasteiger partial charge on any atom is -0.339 e. The quantitative estimate of drug-likeness (QED) is 0.638. The van der Waals surface area contributed by atoms with Crippen molar-refractivity contribution >= 4 is 0 Å². The van der Waals surface area contributed by atoms with Gasteiger partial charge in [0.05, 0.1) is 0 Å². The molecule has 64 valence electrons. The lowest BCUT2D eigenvalue weighted by Crippen LogP contribution is -2.41. The van der Waals surface area contributed by atoms with E-state index in [1.807, 2.05) is 0 Å². The third-order valence-electron chi connectivity index (χ3n) is 3.50. The van der Waals surface area contributed by atoms with Gasteiger partial charge in [0.15, 0.2) is 6.33 Å². The fraction of sp³-hybridized carbons (Fsp3) is 0.778. The van der Waals surface area contributed by atoms with Gasteiger partial charge >= 0.3 is 0 Å². The van der Waals surface area contributed by atoms with Gasteiger partial charge in [-0.2, -0.15) is 4.98 Å². The zero-order valence-corrected chi connectivity index (χ0v) is 6.99. The molecule has 0 radical (unpaired) electrons. The van der Waals surface area contributed by atoms with Crippen molar-refractivity contribution in [3.63, 3.8) is 0 Å². The lowest BCUT2D eigenvalue weighted by atomic mass is 9.52. The van der Waals surface area contributed by atoms with Gasteiger partial charge in [0, 0.05) is 5.92 Å². The predicted octanol–water partition coefficient (Wildman–Crippen LogP) is 2.12. The molecule has 1 aromatic heterocycles. The van der Waals surface area contributed by atoms with Crippen LogP contribution in [0.15, 0.2) is 10.9 Å². The molecule has 0 aliphatic heterocycles. The van der Waals surface area contributed by atoms with Crippen LogP contribution in [0.25, 0.3) is 0 Å². The van der Waals surface area contributed by atoms with Crippen LogP contribution in [0.3, 0.4) is 0 Å². The Labute approximate surface area is 71.2 Å². The molecule has 2 fully saturated rings. The van der Waals surface area contributed by atoms with E-state index < -0.39 is 0 Å². The Morgan fingerprint density at radius 3 is 2.75 bits per heavy atom. The van der Waals surface area contributed by atoms with Gasteiger partial charge in [-0.1, -0.05) is 11.6 Å². The zero-order valence-electron chi connectivity index (χ0n) is 6.99. The van der Waals surface area contributed by atoms with Crippen LogP contribution in [0.1, 0.15) is 43.9 Å². The summed E-state index contributed by atoms with van der Waals surface area (Å²) in [6, 6.07) is 0. The highest BCUT2D eigenvalue weighted by molar-refractivity contribution is 5.08. The Morgan fingerprint density at radius 2 is 2.25 bits per heavy atom. The molecule has 0 N–H and O–H groups in total. The molecule has 0 saturated heterocycles. The number of aromatic nitrogens is 2. The number of rotatable bonds is 1. The van der Waals surface area contributed by atoms with E-state index in [2.05, 4.69) is 10.1 Å². The van der Waals surface area contributed by atoms with Gasteiger partial charge in [-0.05, 0) is 31.1 Å². The first kappa shape index (κ1) is 6.63. The third kappa shape index (κ3) is 0.765. The normalized spacial score (nSPS) is 26.7. The van der Waals surface area contributed by atoms with Crippen molar-refractivity contribution in [1.29, 1.82) is 0 Å². The molecule has 0 bridgehead atoms. The van der Waals surface area contributed by atoms with Gasteiger partial charge in [-0.15, -0.1) is 0 Å². The maximum Gasteiger partial charge on any atom is 0.229 e.